The van der Waals surface area contributed by atoms with Gasteiger partial charge in [0.05, 0.1) is 11.2 Å². The Bertz CT molecular complexity index is 358. The predicted molar refractivity (Wildman–Crippen MR) is 60.7 cm³/mol. The van der Waals surface area contributed by atoms with Crippen molar-refractivity contribution in [1.82, 2.24) is 9.73 Å². The average molecular weight is 249 g/mol. The SMILES string of the molecule is CC(C)(CS(=O)(=O)N1CCCC1)C(=O)NN. The maximum Gasteiger partial charge on any atom is 0.240 e. The molecule has 1 rings (SSSR count). The van der Waals surface area contributed by atoms with E-state index in [1.807, 2.05) is 5.43 Å². The minimum Gasteiger partial charge on any atom is -0.294 e. The zero-order chi connectivity index (χ0) is 12.4. The second-order valence-electron chi connectivity index (χ2n) is 4.72. The lowest BCUT2D eigenvalue weighted by Crippen LogP contribution is -2.46. The largest absolute Gasteiger partial charge is 0.294 e. The van der Waals surface area contributed by atoms with Crippen molar-refractivity contribution in [2.75, 3.05) is 18.8 Å². The molecule has 1 heterocycles. The Labute approximate surface area is 96.2 Å². The van der Waals surface area contributed by atoms with Crippen LogP contribution in [-0.4, -0.2) is 37.5 Å². The fraction of sp³-hybridized carbons (Fsp3) is 0.889. The molecule has 0 aromatic heterocycles. The van der Waals surface area contributed by atoms with Crippen LogP contribution in [0.3, 0.4) is 0 Å². The molecule has 3 N–H and O–H groups in total. The van der Waals surface area contributed by atoms with Crippen LogP contribution in [0.4, 0.5) is 0 Å². The third-order valence-electron chi connectivity index (χ3n) is 2.75. The topological polar surface area (TPSA) is 92.5 Å². The summed E-state index contributed by atoms with van der Waals surface area (Å²) in [7, 11) is -3.36. The first-order valence-corrected chi connectivity index (χ1v) is 6.89. The van der Waals surface area contributed by atoms with Crippen LogP contribution in [0.5, 0.6) is 0 Å². The summed E-state index contributed by atoms with van der Waals surface area (Å²) in [5.41, 5.74) is 0.993. The van der Waals surface area contributed by atoms with Gasteiger partial charge >= 0.3 is 0 Å². The molecule has 6 nitrogen and oxygen atoms in total. The van der Waals surface area contributed by atoms with Gasteiger partial charge in [0.1, 0.15) is 0 Å². The number of carbonyl (C=O) groups excluding carboxylic acids is 1. The number of nitrogens with one attached hydrogen (secondary N) is 1. The first kappa shape index (κ1) is 13.4. The van der Waals surface area contributed by atoms with E-state index in [1.54, 1.807) is 13.8 Å². The van der Waals surface area contributed by atoms with Crippen molar-refractivity contribution in [3.05, 3.63) is 0 Å². The third-order valence-corrected chi connectivity index (χ3v) is 4.99. The Kier molecular flexibility index (Phi) is 3.92. The number of hydrazine groups is 1. The van der Waals surface area contributed by atoms with Gasteiger partial charge in [0.2, 0.25) is 15.9 Å². The van der Waals surface area contributed by atoms with Crippen molar-refractivity contribution in [1.29, 1.82) is 0 Å². The van der Waals surface area contributed by atoms with Gasteiger partial charge in [-0.15, -0.1) is 0 Å². The number of nitrogens with zero attached hydrogens (tertiary/aromatic N) is 1. The van der Waals surface area contributed by atoms with Gasteiger partial charge in [0.15, 0.2) is 0 Å². The smallest absolute Gasteiger partial charge is 0.240 e. The van der Waals surface area contributed by atoms with Gasteiger partial charge < -0.3 is 0 Å². The van der Waals surface area contributed by atoms with Gasteiger partial charge in [0, 0.05) is 13.1 Å². The molecule has 94 valence electrons. The van der Waals surface area contributed by atoms with Gasteiger partial charge in [-0.05, 0) is 26.7 Å². The fourth-order valence-electron chi connectivity index (χ4n) is 1.77. The third kappa shape index (κ3) is 2.93. The van der Waals surface area contributed by atoms with Crippen LogP contribution in [0, 0.1) is 5.41 Å². The minimum atomic E-state index is -3.36. The molecule has 0 atom stereocenters. The van der Waals surface area contributed by atoms with Crippen molar-refractivity contribution in [3.63, 3.8) is 0 Å². The zero-order valence-corrected chi connectivity index (χ0v) is 10.5. The van der Waals surface area contributed by atoms with E-state index in [9.17, 15) is 13.2 Å². The van der Waals surface area contributed by atoms with Crippen LogP contribution >= 0.6 is 0 Å². The molecule has 0 aromatic rings. The lowest BCUT2D eigenvalue weighted by atomic mass is 9.96. The molecule has 0 radical (unpaired) electrons. The van der Waals surface area contributed by atoms with Crippen molar-refractivity contribution >= 4 is 15.9 Å². The molecule has 0 aliphatic carbocycles. The normalized spacial score (nSPS) is 18.7. The summed E-state index contributed by atoms with van der Waals surface area (Å²) in [6.07, 6.45) is 1.78. The molecular weight excluding hydrogens is 230 g/mol. The minimum absolute atomic E-state index is 0.205. The summed E-state index contributed by atoms with van der Waals surface area (Å²) in [5, 5.41) is 0. The lowest BCUT2D eigenvalue weighted by molar-refractivity contribution is -0.128. The van der Waals surface area contributed by atoms with Crippen LogP contribution < -0.4 is 11.3 Å². The maximum absolute atomic E-state index is 12.0. The number of amides is 1. The molecule has 7 heteroatoms. The summed E-state index contributed by atoms with van der Waals surface area (Å²) in [6.45, 7) is 4.26. The highest BCUT2D eigenvalue weighted by atomic mass is 32.2. The lowest BCUT2D eigenvalue weighted by Gasteiger charge is -2.25. The number of sulfonamides is 1. The molecule has 16 heavy (non-hydrogen) atoms. The van der Waals surface area contributed by atoms with Crippen molar-refractivity contribution in [3.8, 4) is 0 Å². The monoisotopic (exact) mass is 249 g/mol. The van der Waals surface area contributed by atoms with Crippen molar-refractivity contribution in [2.45, 2.75) is 26.7 Å². The van der Waals surface area contributed by atoms with Gasteiger partial charge in [0.25, 0.3) is 0 Å². The van der Waals surface area contributed by atoms with Gasteiger partial charge in [-0.2, -0.15) is 0 Å². The van der Waals surface area contributed by atoms with Crippen LogP contribution in [0.15, 0.2) is 0 Å². The van der Waals surface area contributed by atoms with Crippen LogP contribution in [0.25, 0.3) is 0 Å². The predicted octanol–water partition coefficient (Wildman–Crippen LogP) is -0.572. The first-order valence-electron chi connectivity index (χ1n) is 5.28. The molecule has 0 unspecified atom stereocenters. The Morgan fingerprint density at radius 1 is 1.38 bits per heavy atom. The number of carbonyl (C=O) groups is 1. The summed E-state index contributed by atoms with van der Waals surface area (Å²) < 4.78 is 25.4. The second-order valence-corrected chi connectivity index (χ2v) is 6.69. The van der Waals surface area contributed by atoms with E-state index >= 15 is 0 Å². The maximum atomic E-state index is 12.0. The van der Waals surface area contributed by atoms with Crippen LogP contribution in [0.1, 0.15) is 26.7 Å². The summed E-state index contributed by atoms with van der Waals surface area (Å²) >= 11 is 0. The first-order chi connectivity index (χ1) is 7.29. The highest BCUT2D eigenvalue weighted by Gasteiger charge is 2.36. The standard InChI is InChI=1S/C9H19N3O3S/c1-9(2,8(13)11-10)7-16(14,15)12-5-3-4-6-12/h3-7,10H2,1-2H3,(H,11,13). The summed E-state index contributed by atoms with van der Waals surface area (Å²) in [5.74, 6) is 4.35. The van der Waals surface area contributed by atoms with Crippen LogP contribution in [0.2, 0.25) is 0 Å². The van der Waals surface area contributed by atoms with E-state index in [0.29, 0.717) is 13.1 Å². The van der Waals surface area contributed by atoms with Crippen LogP contribution in [-0.2, 0) is 14.8 Å². The highest BCUT2D eigenvalue weighted by Crippen LogP contribution is 2.22. The van der Waals surface area contributed by atoms with E-state index in [0.717, 1.165) is 12.8 Å². The molecular formula is C9H19N3O3S. The Hall–Kier alpha value is -0.660. The Balaban J connectivity index is 2.75. The number of hydrogen-bond donors (Lipinski definition) is 2. The quantitative estimate of drug-likeness (QED) is 0.396. The fourth-order valence-corrected chi connectivity index (χ4v) is 3.81. The molecule has 1 saturated heterocycles. The van der Waals surface area contributed by atoms with E-state index in [-0.39, 0.29) is 5.75 Å². The molecule has 0 saturated carbocycles. The van der Waals surface area contributed by atoms with Gasteiger partial charge in [-0.25, -0.2) is 18.6 Å². The summed E-state index contributed by atoms with van der Waals surface area (Å²) in [4.78, 5) is 11.4. The van der Waals surface area contributed by atoms with E-state index in [2.05, 4.69) is 0 Å². The second kappa shape index (κ2) is 4.68. The van der Waals surface area contributed by atoms with Crippen molar-refractivity contribution in [2.24, 2.45) is 11.3 Å². The Morgan fingerprint density at radius 3 is 2.31 bits per heavy atom. The molecule has 0 bridgehead atoms. The Morgan fingerprint density at radius 2 is 1.88 bits per heavy atom. The molecule has 0 aromatic carbocycles. The number of nitrogens with two attached hydrogens (primary N) is 1. The number of rotatable bonds is 4. The molecule has 1 aliphatic heterocycles. The van der Waals surface area contributed by atoms with Gasteiger partial charge in [-0.1, -0.05) is 0 Å². The van der Waals surface area contributed by atoms with Gasteiger partial charge in [-0.3, -0.25) is 10.2 Å². The number of hydrogen-bond acceptors (Lipinski definition) is 4. The molecule has 1 aliphatic rings. The highest BCUT2D eigenvalue weighted by molar-refractivity contribution is 7.89. The average Bonchev–Trinajstić information content (AvgIpc) is 2.68. The van der Waals surface area contributed by atoms with E-state index in [4.69, 9.17) is 5.84 Å². The zero-order valence-electron chi connectivity index (χ0n) is 9.69. The molecule has 0 spiro atoms. The van der Waals surface area contributed by atoms with Crippen molar-refractivity contribution < 1.29 is 13.2 Å². The van der Waals surface area contributed by atoms with E-state index < -0.39 is 21.3 Å². The van der Waals surface area contributed by atoms with E-state index in [1.165, 1.54) is 4.31 Å². The molecule has 1 amide bonds. The molecule has 1 fully saturated rings. The summed E-state index contributed by atoms with van der Waals surface area (Å²) in [6, 6.07) is 0.